The maximum absolute atomic E-state index is 9.77. The van der Waals surface area contributed by atoms with Crippen LogP contribution in [0.1, 0.15) is 23.6 Å². The van der Waals surface area contributed by atoms with Crippen LogP contribution in [0.5, 0.6) is 5.75 Å². The Morgan fingerprint density at radius 1 is 1.11 bits per heavy atom. The molecule has 0 aliphatic heterocycles. The van der Waals surface area contributed by atoms with Gasteiger partial charge in [-0.2, -0.15) is 0 Å². The number of hydrogen-bond acceptors (Lipinski definition) is 2. The van der Waals surface area contributed by atoms with Crippen molar-refractivity contribution in [3.8, 4) is 5.75 Å². The number of phenolic OH excluding ortho intramolecular Hbond substituents is 1. The van der Waals surface area contributed by atoms with E-state index >= 15 is 0 Å². The first-order chi connectivity index (χ1) is 8.69. The van der Waals surface area contributed by atoms with Gasteiger partial charge in [-0.25, -0.2) is 0 Å². The van der Waals surface area contributed by atoms with Gasteiger partial charge in [0.15, 0.2) is 0 Å². The smallest absolute Gasteiger partial charge is 0.120 e. The van der Waals surface area contributed by atoms with Crippen LogP contribution in [0.4, 0.5) is 5.69 Å². The van der Waals surface area contributed by atoms with E-state index in [-0.39, 0.29) is 0 Å². The molecule has 2 nitrogen and oxygen atoms in total. The second kappa shape index (κ2) is 5.58. The molecule has 94 valence electrons. The largest absolute Gasteiger partial charge is 0.508 e. The van der Waals surface area contributed by atoms with E-state index < -0.39 is 0 Å². The number of nitrogens with one attached hydrogen (secondary N) is 1. The Bertz CT molecular complexity index is 534. The maximum atomic E-state index is 9.77. The topological polar surface area (TPSA) is 32.3 Å². The van der Waals surface area contributed by atoms with Crippen LogP contribution in [-0.2, 0) is 13.0 Å². The molecule has 2 rings (SSSR count). The van der Waals surface area contributed by atoms with Crippen molar-refractivity contribution in [2.75, 3.05) is 5.32 Å². The number of aryl methyl sites for hydroxylation is 2. The highest BCUT2D eigenvalue weighted by Gasteiger charge is 2.01. The predicted molar refractivity (Wildman–Crippen MR) is 76.0 cm³/mol. The molecule has 2 N–H and O–H groups in total. The molecular formula is C16H19NO. The molecule has 0 saturated carbocycles. The van der Waals surface area contributed by atoms with Gasteiger partial charge in [0.05, 0.1) is 0 Å². The average Bonchev–Trinajstić information content (AvgIpc) is 2.40. The summed E-state index contributed by atoms with van der Waals surface area (Å²) in [4.78, 5) is 0. The normalized spacial score (nSPS) is 10.3. The summed E-state index contributed by atoms with van der Waals surface area (Å²) in [5.74, 6) is 0.347. The van der Waals surface area contributed by atoms with Gasteiger partial charge in [-0.15, -0.1) is 0 Å². The predicted octanol–water partition coefficient (Wildman–Crippen LogP) is 3.88. The lowest BCUT2D eigenvalue weighted by atomic mass is 10.1. The van der Waals surface area contributed by atoms with E-state index in [4.69, 9.17) is 0 Å². The summed E-state index contributed by atoms with van der Waals surface area (Å²) >= 11 is 0. The molecule has 0 bridgehead atoms. The fourth-order valence-electron chi connectivity index (χ4n) is 1.95. The minimum absolute atomic E-state index is 0.347. The fourth-order valence-corrected chi connectivity index (χ4v) is 1.95. The third-order valence-electron chi connectivity index (χ3n) is 3.05. The molecule has 18 heavy (non-hydrogen) atoms. The number of phenols is 1. The quantitative estimate of drug-likeness (QED) is 0.851. The third-order valence-corrected chi connectivity index (χ3v) is 3.05. The summed E-state index contributed by atoms with van der Waals surface area (Å²) in [5, 5.41) is 13.1. The SMILES string of the molecule is CCc1cccc(NCc2cc(C)ccc2O)c1. The molecule has 2 aromatic rings. The first-order valence-electron chi connectivity index (χ1n) is 6.30. The van der Waals surface area contributed by atoms with Gasteiger partial charge in [0.1, 0.15) is 5.75 Å². The number of benzene rings is 2. The van der Waals surface area contributed by atoms with Gasteiger partial charge in [-0.05, 0) is 37.1 Å². The average molecular weight is 241 g/mol. The van der Waals surface area contributed by atoms with Gasteiger partial charge in [-0.1, -0.05) is 36.8 Å². The monoisotopic (exact) mass is 241 g/mol. The first kappa shape index (κ1) is 12.5. The summed E-state index contributed by atoms with van der Waals surface area (Å²) in [5.41, 5.74) is 4.49. The second-order valence-corrected chi connectivity index (χ2v) is 4.54. The Kier molecular flexibility index (Phi) is 3.88. The van der Waals surface area contributed by atoms with Crippen LogP contribution in [-0.4, -0.2) is 5.11 Å². The van der Waals surface area contributed by atoms with E-state index in [1.54, 1.807) is 6.07 Å². The molecule has 0 aliphatic rings. The highest BCUT2D eigenvalue weighted by atomic mass is 16.3. The molecule has 2 aromatic carbocycles. The fraction of sp³-hybridized carbons (Fsp3) is 0.250. The molecule has 0 heterocycles. The minimum Gasteiger partial charge on any atom is -0.508 e. The van der Waals surface area contributed by atoms with Crippen LogP contribution >= 0.6 is 0 Å². The van der Waals surface area contributed by atoms with Crippen molar-refractivity contribution in [1.29, 1.82) is 0 Å². The Balaban J connectivity index is 2.08. The lowest BCUT2D eigenvalue weighted by Crippen LogP contribution is -2.00. The van der Waals surface area contributed by atoms with E-state index in [2.05, 4.69) is 30.4 Å². The zero-order valence-corrected chi connectivity index (χ0v) is 10.9. The van der Waals surface area contributed by atoms with Gasteiger partial charge in [0.25, 0.3) is 0 Å². The standard InChI is InChI=1S/C16H19NO/c1-3-13-5-4-6-15(10-13)17-11-14-9-12(2)7-8-16(14)18/h4-10,17-18H,3,11H2,1-2H3. The van der Waals surface area contributed by atoms with Crippen molar-refractivity contribution in [3.63, 3.8) is 0 Å². The number of aromatic hydroxyl groups is 1. The minimum atomic E-state index is 0.347. The van der Waals surface area contributed by atoms with Crippen LogP contribution in [0.25, 0.3) is 0 Å². The molecule has 0 fully saturated rings. The molecule has 0 atom stereocenters. The molecule has 2 heteroatoms. The molecular weight excluding hydrogens is 222 g/mol. The number of rotatable bonds is 4. The zero-order valence-electron chi connectivity index (χ0n) is 10.9. The lowest BCUT2D eigenvalue weighted by molar-refractivity contribution is 0.469. The molecule has 0 aliphatic carbocycles. The molecule has 0 aromatic heterocycles. The van der Waals surface area contributed by atoms with Crippen molar-refractivity contribution in [2.24, 2.45) is 0 Å². The molecule has 0 radical (unpaired) electrons. The van der Waals surface area contributed by atoms with Crippen molar-refractivity contribution in [2.45, 2.75) is 26.8 Å². The van der Waals surface area contributed by atoms with Crippen molar-refractivity contribution in [3.05, 3.63) is 59.2 Å². The summed E-state index contributed by atoms with van der Waals surface area (Å²) in [6.45, 7) is 4.81. The van der Waals surface area contributed by atoms with E-state index in [0.717, 1.165) is 23.2 Å². The highest BCUT2D eigenvalue weighted by molar-refractivity contribution is 5.47. The molecule has 0 amide bonds. The van der Waals surface area contributed by atoms with Crippen LogP contribution in [0, 0.1) is 6.92 Å². The van der Waals surface area contributed by atoms with E-state index in [9.17, 15) is 5.11 Å². The number of anilines is 1. The summed E-state index contributed by atoms with van der Waals surface area (Å²) in [7, 11) is 0. The second-order valence-electron chi connectivity index (χ2n) is 4.54. The van der Waals surface area contributed by atoms with Crippen LogP contribution < -0.4 is 5.32 Å². The zero-order chi connectivity index (χ0) is 13.0. The summed E-state index contributed by atoms with van der Waals surface area (Å²) < 4.78 is 0. The molecule has 0 unspecified atom stereocenters. The van der Waals surface area contributed by atoms with Gasteiger partial charge >= 0.3 is 0 Å². The van der Waals surface area contributed by atoms with Crippen molar-refractivity contribution in [1.82, 2.24) is 0 Å². The first-order valence-corrected chi connectivity index (χ1v) is 6.30. The van der Waals surface area contributed by atoms with Crippen LogP contribution in [0.15, 0.2) is 42.5 Å². The van der Waals surface area contributed by atoms with E-state index in [1.807, 2.05) is 25.1 Å². The van der Waals surface area contributed by atoms with E-state index in [1.165, 1.54) is 5.56 Å². The van der Waals surface area contributed by atoms with Crippen LogP contribution in [0.2, 0.25) is 0 Å². The molecule has 0 saturated heterocycles. The van der Waals surface area contributed by atoms with Crippen molar-refractivity contribution >= 4 is 5.69 Å². The molecule has 0 spiro atoms. The van der Waals surface area contributed by atoms with Gasteiger partial charge in [0.2, 0.25) is 0 Å². The Morgan fingerprint density at radius 3 is 2.72 bits per heavy atom. The Morgan fingerprint density at radius 2 is 1.94 bits per heavy atom. The Hall–Kier alpha value is -1.96. The van der Waals surface area contributed by atoms with Gasteiger partial charge in [-0.3, -0.25) is 0 Å². The van der Waals surface area contributed by atoms with Crippen LogP contribution in [0.3, 0.4) is 0 Å². The third kappa shape index (κ3) is 3.04. The maximum Gasteiger partial charge on any atom is 0.120 e. The van der Waals surface area contributed by atoms with Gasteiger partial charge in [0, 0.05) is 17.8 Å². The lowest BCUT2D eigenvalue weighted by Gasteiger charge is -2.10. The summed E-state index contributed by atoms with van der Waals surface area (Å²) in [6.07, 6.45) is 1.03. The Labute approximate surface area is 108 Å². The van der Waals surface area contributed by atoms with Gasteiger partial charge < -0.3 is 10.4 Å². The number of hydrogen-bond donors (Lipinski definition) is 2. The van der Waals surface area contributed by atoms with Crippen molar-refractivity contribution < 1.29 is 5.11 Å². The summed E-state index contributed by atoms with van der Waals surface area (Å²) in [6, 6.07) is 14.0. The van der Waals surface area contributed by atoms with E-state index in [0.29, 0.717) is 12.3 Å². The highest BCUT2D eigenvalue weighted by Crippen LogP contribution is 2.20.